The summed E-state index contributed by atoms with van der Waals surface area (Å²) in [5.74, 6) is 0.919. The largest absolute Gasteiger partial charge is 0.326 e. The van der Waals surface area contributed by atoms with Gasteiger partial charge in [-0.1, -0.05) is 42.8 Å². The number of rotatable bonds is 4. The molecule has 4 heteroatoms. The number of halogens is 1. The van der Waals surface area contributed by atoms with Gasteiger partial charge < -0.3 is 10.3 Å². The molecule has 21 heavy (non-hydrogen) atoms. The highest BCUT2D eigenvalue weighted by atomic mass is 35.5. The van der Waals surface area contributed by atoms with Crippen LogP contribution in [0.3, 0.4) is 0 Å². The lowest BCUT2D eigenvalue weighted by Crippen LogP contribution is -2.25. The van der Waals surface area contributed by atoms with Crippen molar-refractivity contribution in [2.45, 2.75) is 25.9 Å². The molecular weight excluding hydrogens is 282 g/mol. The highest BCUT2D eigenvalue weighted by Gasteiger charge is 2.14. The molecule has 0 spiro atoms. The Balaban J connectivity index is 2.18. The van der Waals surface area contributed by atoms with E-state index in [0.29, 0.717) is 5.02 Å². The van der Waals surface area contributed by atoms with Crippen LogP contribution in [-0.4, -0.2) is 15.6 Å². The Bertz CT molecular complexity index is 764. The summed E-state index contributed by atoms with van der Waals surface area (Å²) in [6, 6.07) is 16.0. The molecule has 108 valence electrons. The van der Waals surface area contributed by atoms with Crippen LogP contribution >= 0.6 is 11.6 Å². The molecule has 0 aliphatic rings. The maximum atomic E-state index is 6.16. The molecule has 0 radical (unpaired) electrons. The molecule has 0 saturated carbocycles. The van der Waals surface area contributed by atoms with Crippen LogP contribution in [0.4, 0.5) is 0 Å². The third-order valence-corrected chi connectivity index (χ3v) is 3.91. The average Bonchev–Trinajstić information content (AvgIpc) is 2.86. The number of imidazole rings is 1. The molecule has 1 atom stereocenters. The van der Waals surface area contributed by atoms with E-state index in [2.05, 4.69) is 17.6 Å². The maximum Gasteiger partial charge on any atom is 0.141 e. The standard InChI is InChI=1S/C17H18ClN3/c1-2-14(19)11-21-16-9-4-3-8-15(16)20-17(21)12-6-5-7-13(18)10-12/h3-10,14H,2,11,19H2,1H3. The van der Waals surface area contributed by atoms with Crippen molar-refractivity contribution in [1.82, 2.24) is 9.55 Å². The first-order chi connectivity index (χ1) is 10.2. The average molecular weight is 300 g/mol. The number of fused-ring (bicyclic) bond motifs is 1. The number of benzene rings is 2. The summed E-state index contributed by atoms with van der Waals surface area (Å²) in [5.41, 5.74) is 9.26. The summed E-state index contributed by atoms with van der Waals surface area (Å²) in [6.45, 7) is 2.85. The van der Waals surface area contributed by atoms with Crippen molar-refractivity contribution in [2.75, 3.05) is 0 Å². The van der Waals surface area contributed by atoms with Gasteiger partial charge in [0.2, 0.25) is 0 Å². The van der Waals surface area contributed by atoms with E-state index < -0.39 is 0 Å². The lowest BCUT2D eigenvalue weighted by Gasteiger charge is -2.14. The summed E-state index contributed by atoms with van der Waals surface area (Å²) in [6.07, 6.45) is 0.932. The van der Waals surface area contributed by atoms with Crippen LogP contribution in [0.25, 0.3) is 22.4 Å². The zero-order chi connectivity index (χ0) is 14.8. The Morgan fingerprint density at radius 2 is 2.00 bits per heavy atom. The minimum absolute atomic E-state index is 0.112. The third-order valence-electron chi connectivity index (χ3n) is 3.68. The van der Waals surface area contributed by atoms with Crippen LogP contribution in [0.15, 0.2) is 48.5 Å². The first-order valence-electron chi connectivity index (χ1n) is 7.16. The van der Waals surface area contributed by atoms with E-state index in [4.69, 9.17) is 22.3 Å². The molecule has 3 nitrogen and oxygen atoms in total. The maximum absolute atomic E-state index is 6.16. The smallest absolute Gasteiger partial charge is 0.141 e. The van der Waals surface area contributed by atoms with Crippen molar-refractivity contribution in [3.8, 4) is 11.4 Å². The topological polar surface area (TPSA) is 43.8 Å². The van der Waals surface area contributed by atoms with Gasteiger partial charge in [0, 0.05) is 23.2 Å². The highest BCUT2D eigenvalue weighted by Crippen LogP contribution is 2.27. The first-order valence-corrected chi connectivity index (χ1v) is 7.53. The second-order valence-corrected chi connectivity index (χ2v) is 5.65. The van der Waals surface area contributed by atoms with Crippen molar-refractivity contribution in [3.05, 3.63) is 53.6 Å². The fraction of sp³-hybridized carbons (Fsp3) is 0.235. The SMILES string of the molecule is CCC(N)Cn1c(-c2cccc(Cl)c2)nc2ccccc21. The summed E-state index contributed by atoms with van der Waals surface area (Å²) < 4.78 is 2.19. The molecule has 0 saturated heterocycles. The van der Waals surface area contributed by atoms with Gasteiger partial charge in [0.25, 0.3) is 0 Å². The van der Waals surface area contributed by atoms with Crippen LogP contribution in [-0.2, 0) is 6.54 Å². The fourth-order valence-corrected chi connectivity index (χ4v) is 2.66. The molecule has 2 N–H and O–H groups in total. The molecule has 1 aromatic heterocycles. The molecule has 0 aliphatic carbocycles. The number of hydrogen-bond donors (Lipinski definition) is 1. The van der Waals surface area contributed by atoms with E-state index in [-0.39, 0.29) is 6.04 Å². The third kappa shape index (κ3) is 2.80. The van der Waals surface area contributed by atoms with Crippen LogP contribution in [0.1, 0.15) is 13.3 Å². The number of nitrogens with two attached hydrogens (primary N) is 1. The Labute approximate surface area is 129 Å². The molecule has 3 aromatic rings. The summed E-state index contributed by atoms with van der Waals surface area (Å²) in [5, 5.41) is 0.714. The van der Waals surface area contributed by atoms with E-state index in [1.807, 2.05) is 42.5 Å². The second-order valence-electron chi connectivity index (χ2n) is 5.21. The van der Waals surface area contributed by atoms with Gasteiger partial charge in [0.05, 0.1) is 11.0 Å². The molecule has 3 rings (SSSR count). The van der Waals surface area contributed by atoms with E-state index in [1.54, 1.807) is 0 Å². The Kier molecular flexibility index (Phi) is 3.95. The van der Waals surface area contributed by atoms with E-state index >= 15 is 0 Å². The van der Waals surface area contributed by atoms with E-state index in [1.165, 1.54) is 0 Å². The van der Waals surface area contributed by atoms with Crippen molar-refractivity contribution < 1.29 is 0 Å². The molecule has 0 bridgehead atoms. The van der Waals surface area contributed by atoms with Gasteiger partial charge in [0.1, 0.15) is 5.82 Å². The minimum atomic E-state index is 0.112. The van der Waals surface area contributed by atoms with Gasteiger partial charge >= 0.3 is 0 Å². The quantitative estimate of drug-likeness (QED) is 0.788. The number of para-hydroxylation sites is 2. The van der Waals surface area contributed by atoms with Crippen LogP contribution in [0, 0.1) is 0 Å². The second kappa shape index (κ2) is 5.88. The molecule has 2 aromatic carbocycles. The first kappa shape index (κ1) is 14.1. The van der Waals surface area contributed by atoms with E-state index in [9.17, 15) is 0 Å². The molecular formula is C17H18ClN3. The molecule has 0 aliphatic heterocycles. The zero-order valence-electron chi connectivity index (χ0n) is 12.0. The Hall–Kier alpha value is -1.84. The van der Waals surface area contributed by atoms with Crippen molar-refractivity contribution in [3.63, 3.8) is 0 Å². The van der Waals surface area contributed by atoms with Crippen molar-refractivity contribution >= 4 is 22.6 Å². The van der Waals surface area contributed by atoms with Gasteiger partial charge in [-0.3, -0.25) is 0 Å². The Morgan fingerprint density at radius 3 is 2.76 bits per heavy atom. The van der Waals surface area contributed by atoms with Crippen LogP contribution < -0.4 is 5.73 Å². The molecule has 1 heterocycles. The summed E-state index contributed by atoms with van der Waals surface area (Å²) in [4.78, 5) is 4.76. The van der Waals surface area contributed by atoms with Gasteiger partial charge in [0.15, 0.2) is 0 Å². The number of nitrogens with zero attached hydrogens (tertiary/aromatic N) is 2. The van der Waals surface area contributed by atoms with E-state index in [0.717, 1.165) is 35.4 Å². The van der Waals surface area contributed by atoms with Crippen molar-refractivity contribution in [2.24, 2.45) is 5.73 Å². The number of hydrogen-bond acceptors (Lipinski definition) is 2. The van der Waals surface area contributed by atoms with Gasteiger partial charge in [-0.2, -0.15) is 0 Å². The fourth-order valence-electron chi connectivity index (χ4n) is 2.47. The summed E-state index contributed by atoms with van der Waals surface area (Å²) in [7, 11) is 0. The normalized spacial score (nSPS) is 12.7. The number of aromatic nitrogens is 2. The Morgan fingerprint density at radius 1 is 1.19 bits per heavy atom. The van der Waals surface area contributed by atoms with Crippen LogP contribution in [0.5, 0.6) is 0 Å². The molecule has 1 unspecified atom stereocenters. The summed E-state index contributed by atoms with van der Waals surface area (Å²) >= 11 is 6.12. The van der Waals surface area contributed by atoms with Gasteiger partial charge in [-0.15, -0.1) is 0 Å². The zero-order valence-corrected chi connectivity index (χ0v) is 12.7. The molecule has 0 amide bonds. The van der Waals surface area contributed by atoms with Gasteiger partial charge in [-0.25, -0.2) is 4.98 Å². The highest BCUT2D eigenvalue weighted by molar-refractivity contribution is 6.30. The van der Waals surface area contributed by atoms with Gasteiger partial charge in [-0.05, 0) is 30.7 Å². The van der Waals surface area contributed by atoms with Crippen LogP contribution in [0.2, 0.25) is 5.02 Å². The predicted molar refractivity (Wildman–Crippen MR) is 88.4 cm³/mol. The minimum Gasteiger partial charge on any atom is -0.326 e. The lowest BCUT2D eigenvalue weighted by molar-refractivity contribution is 0.551. The lowest BCUT2D eigenvalue weighted by atomic mass is 10.2. The monoisotopic (exact) mass is 299 g/mol. The predicted octanol–water partition coefficient (Wildman–Crippen LogP) is 4.09. The molecule has 0 fully saturated rings. The van der Waals surface area contributed by atoms with Crippen molar-refractivity contribution in [1.29, 1.82) is 0 Å².